The van der Waals surface area contributed by atoms with Crippen LogP contribution in [0.4, 0.5) is 0 Å². The number of aryl methyl sites for hydroxylation is 2. The lowest BCUT2D eigenvalue weighted by Crippen LogP contribution is -2.22. The molecule has 1 aliphatic rings. The van der Waals surface area contributed by atoms with Gasteiger partial charge < -0.3 is 0 Å². The number of rotatable bonds is 1. The number of benzene rings is 3. The molecule has 1 nitrogen and oxygen atoms in total. The smallest absolute Gasteiger partial charge is 0.165 e. The van der Waals surface area contributed by atoms with Crippen molar-refractivity contribution < 1.29 is 4.79 Å². The van der Waals surface area contributed by atoms with Crippen LogP contribution in [0, 0.1) is 13.8 Å². The monoisotopic (exact) mass is 300 g/mol. The van der Waals surface area contributed by atoms with E-state index in [1.807, 2.05) is 12.1 Å². The molecular weight excluding hydrogens is 280 g/mol. The van der Waals surface area contributed by atoms with Crippen molar-refractivity contribution in [1.29, 1.82) is 0 Å². The number of carbonyl (C=O) groups is 1. The number of Topliss-reactive ketones (excluding diaryl/α,β-unsaturated/α-hetero) is 1. The Morgan fingerprint density at radius 1 is 0.913 bits per heavy atom. The number of hydrogen-bond donors (Lipinski definition) is 0. The molecule has 23 heavy (non-hydrogen) atoms. The summed E-state index contributed by atoms with van der Waals surface area (Å²) in [5, 5.41) is 2.23. The van der Waals surface area contributed by atoms with Crippen molar-refractivity contribution in [2.75, 3.05) is 0 Å². The molecule has 0 heterocycles. The van der Waals surface area contributed by atoms with E-state index >= 15 is 0 Å². The first-order chi connectivity index (χ1) is 11.0. The summed E-state index contributed by atoms with van der Waals surface area (Å²) in [4.78, 5) is 12.8. The molecule has 1 aliphatic carbocycles. The first-order valence-electron chi connectivity index (χ1n) is 8.14. The molecule has 0 N–H and O–H groups in total. The number of carbonyl (C=O) groups excluding carboxylic acids is 1. The van der Waals surface area contributed by atoms with Crippen LogP contribution >= 0.6 is 0 Å². The van der Waals surface area contributed by atoms with Gasteiger partial charge in [0.05, 0.1) is 0 Å². The fourth-order valence-electron chi connectivity index (χ4n) is 4.21. The molecule has 0 saturated carbocycles. The predicted octanol–water partition coefficient (Wildman–Crippen LogP) is 5.35. The topological polar surface area (TPSA) is 17.1 Å². The van der Waals surface area contributed by atoms with Crippen LogP contribution in [-0.2, 0) is 5.41 Å². The molecule has 114 valence electrons. The molecule has 1 heteroatoms. The summed E-state index contributed by atoms with van der Waals surface area (Å²) in [6, 6.07) is 19.1. The van der Waals surface area contributed by atoms with Crippen LogP contribution in [0.1, 0.15) is 46.0 Å². The highest BCUT2D eigenvalue weighted by molar-refractivity contribution is 6.13. The van der Waals surface area contributed by atoms with Crippen molar-refractivity contribution in [1.82, 2.24) is 0 Å². The van der Waals surface area contributed by atoms with E-state index in [1.54, 1.807) is 0 Å². The maximum absolute atomic E-state index is 12.8. The summed E-state index contributed by atoms with van der Waals surface area (Å²) in [5.41, 5.74) is 5.66. The number of hydrogen-bond acceptors (Lipinski definition) is 1. The zero-order chi connectivity index (χ0) is 16.2. The quantitative estimate of drug-likeness (QED) is 0.592. The van der Waals surface area contributed by atoms with Crippen molar-refractivity contribution in [3.63, 3.8) is 0 Å². The summed E-state index contributed by atoms with van der Waals surface area (Å²) < 4.78 is 0. The molecule has 0 fully saturated rings. The molecule has 0 radical (unpaired) electrons. The highest BCUT2D eigenvalue weighted by Crippen LogP contribution is 2.47. The van der Waals surface area contributed by atoms with Crippen LogP contribution in [0.2, 0.25) is 0 Å². The van der Waals surface area contributed by atoms with Crippen LogP contribution in [0.5, 0.6) is 0 Å². The minimum Gasteiger partial charge on any atom is -0.294 e. The Morgan fingerprint density at radius 2 is 1.65 bits per heavy atom. The predicted molar refractivity (Wildman–Crippen MR) is 95.3 cm³/mol. The standard InChI is InChI=1S/C22H20O/c1-14-8-10-18(15(2)12-14)22(3)13-20(23)21-17-7-5-4-6-16(17)9-11-19(21)22/h4-12H,13H2,1-3H3. The van der Waals surface area contributed by atoms with Gasteiger partial charge in [-0.1, -0.05) is 67.1 Å². The van der Waals surface area contributed by atoms with Gasteiger partial charge in [0.1, 0.15) is 0 Å². The second-order valence-electron chi connectivity index (χ2n) is 6.96. The summed E-state index contributed by atoms with van der Waals surface area (Å²) in [6.45, 7) is 6.47. The highest BCUT2D eigenvalue weighted by Gasteiger charge is 2.42. The second kappa shape index (κ2) is 4.79. The van der Waals surface area contributed by atoms with Gasteiger partial charge in [0.25, 0.3) is 0 Å². The highest BCUT2D eigenvalue weighted by atomic mass is 16.1. The molecule has 0 saturated heterocycles. The lowest BCUT2D eigenvalue weighted by molar-refractivity contribution is 0.0983. The van der Waals surface area contributed by atoms with Gasteiger partial charge in [-0.05, 0) is 41.3 Å². The fourth-order valence-corrected chi connectivity index (χ4v) is 4.21. The van der Waals surface area contributed by atoms with Gasteiger partial charge in [-0.25, -0.2) is 0 Å². The molecule has 0 bridgehead atoms. The summed E-state index contributed by atoms with van der Waals surface area (Å²) in [5.74, 6) is 0.263. The van der Waals surface area contributed by atoms with E-state index in [2.05, 4.69) is 63.2 Å². The Balaban J connectivity index is 2.02. The van der Waals surface area contributed by atoms with E-state index in [0.717, 1.165) is 16.3 Å². The van der Waals surface area contributed by atoms with Crippen LogP contribution in [0.3, 0.4) is 0 Å². The van der Waals surface area contributed by atoms with Crippen molar-refractivity contribution in [3.05, 3.63) is 82.4 Å². The fraction of sp³-hybridized carbons (Fsp3) is 0.227. The Labute approximate surface area is 137 Å². The van der Waals surface area contributed by atoms with E-state index in [0.29, 0.717) is 6.42 Å². The minimum atomic E-state index is -0.228. The van der Waals surface area contributed by atoms with Crippen molar-refractivity contribution in [3.8, 4) is 0 Å². The van der Waals surface area contributed by atoms with Gasteiger partial charge in [-0.3, -0.25) is 4.79 Å². The Hall–Kier alpha value is -2.41. The van der Waals surface area contributed by atoms with E-state index in [1.165, 1.54) is 22.3 Å². The molecule has 4 rings (SSSR count). The molecule has 0 aromatic heterocycles. The average molecular weight is 300 g/mol. The Morgan fingerprint density at radius 3 is 2.43 bits per heavy atom. The minimum absolute atomic E-state index is 0.228. The third kappa shape index (κ3) is 1.96. The second-order valence-corrected chi connectivity index (χ2v) is 6.96. The van der Waals surface area contributed by atoms with E-state index < -0.39 is 0 Å². The van der Waals surface area contributed by atoms with Crippen molar-refractivity contribution in [2.45, 2.75) is 32.6 Å². The Kier molecular flexibility index (Phi) is 2.96. The molecule has 3 aromatic rings. The molecule has 0 aliphatic heterocycles. The van der Waals surface area contributed by atoms with E-state index in [4.69, 9.17) is 0 Å². The summed E-state index contributed by atoms with van der Waals surface area (Å²) in [7, 11) is 0. The number of ketones is 1. The normalized spacial score (nSPS) is 20.0. The third-order valence-electron chi connectivity index (χ3n) is 5.29. The van der Waals surface area contributed by atoms with Gasteiger partial charge in [-0.15, -0.1) is 0 Å². The zero-order valence-corrected chi connectivity index (χ0v) is 13.8. The maximum atomic E-state index is 12.8. The van der Waals surface area contributed by atoms with Crippen LogP contribution < -0.4 is 0 Å². The molecular formula is C22H20O. The maximum Gasteiger partial charge on any atom is 0.165 e. The third-order valence-corrected chi connectivity index (χ3v) is 5.29. The first kappa shape index (κ1) is 14.2. The van der Waals surface area contributed by atoms with E-state index in [9.17, 15) is 4.79 Å². The lowest BCUT2D eigenvalue weighted by atomic mass is 9.75. The van der Waals surface area contributed by atoms with Crippen molar-refractivity contribution in [2.24, 2.45) is 0 Å². The van der Waals surface area contributed by atoms with Gasteiger partial charge in [0.15, 0.2) is 5.78 Å². The van der Waals surface area contributed by atoms with Crippen LogP contribution in [-0.4, -0.2) is 5.78 Å². The van der Waals surface area contributed by atoms with Gasteiger partial charge in [0.2, 0.25) is 0 Å². The molecule has 0 spiro atoms. The van der Waals surface area contributed by atoms with E-state index in [-0.39, 0.29) is 11.2 Å². The SMILES string of the molecule is Cc1ccc(C2(C)CC(=O)c3c2ccc2ccccc32)c(C)c1. The summed E-state index contributed by atoms with van der Waals surface area (Å²) >= 11 is 0. The molecule has 1 atom stereocenters. The van der Waals surface area contributed by atoms with Gasteiger partial charge >= 0.3 is 0 Å². The first-order valence-corrected chi connectivity index (χ1v) is 8.14. The van der Waals surface area contributed by atoms with Crippen LogP contribution in [0.25, 0.3) is 10.8 Å². The largest absolute Gasteiger partial charge is 0.294 e. The number of fused-ring (bicyclic) bond motifs is 3. The molecule has 1 unspecified atom stereocenters. The van der Waals surface area contributed by atoms with Crippen LogP contribution in [0.15, 0.2) is 54.6 Å². The van der Waals surface area contributed by atoms with Gasteiger partial charge in [0, 0.05) is 17.4 Å². The Bertz CT molecular complexity index is 951. The summed E-state index contributed by atoms with van der Waals surface area (Å²) in [6.07, 6.45) is 0.556. The van der Waals surface area contributed by atoms with Crippen molar-refractivity contribution >= 4 is 16.6 Å². The molecule has 0 amide bonds. The zero-order valence-electron chi connectivity index (χ0n) is 13.8. The lowest BCUT2D eigenvalue weighted by Gasteiger charge is -2.27. The molecule has 3 aromatic carbocycles. The van der Waals surface area contributed by atoms with Gasteiger partial charge in [-0.2, -0.15) is 0 Å². The average Bonchev–Trinajstić information content (AvgIpc) is 2.79.